The van der Waals surface area contributed by atoms with Crippen molar-refractivity contribution >= 4 is 5.91 Å². The van der Waals surface area contributed by atoms with Crippen molar-refractivity contribution < 1.29 is 9.90 Å². The lowest BCUT2D eigenvalue weighted by atomic mass is 9.81. The zero-order valence-electron chi connectivity index (χ0n) is 12.7. The fourth-order valence-corrected chi connectivity index (χ4v) is 2.88. The number of nitrogens with one attached hydrogen (secondary N) is 1. The Bertz CT molecular complexity index is 505. The molecule has 0 spiro atoms. The van der Waals surface area contributed by atoms with Gasteiger partial charge in [-0.3, -0.25) is 9.69 Å². The van der Waals surface area contributed by atoms with Crippen LogP contribution < -0.4 is 5.32 Å². The molecule has 114 valence electrons. The maximum atomic E-state index is 12.6. The first-order chi connectivity index (χ1) is 9.99. The van der Waals surface area contributed by atoms with Crippen LogP contribution in [0.2, 0.25) is 0 Å². The van der Waals surface area contributed by atoms with Crippen LogP contribution >= 0.6 is 0 Å². The molecule has 0 aromatic heterocycles. The standard InChI is InChI=1S/C17H24N2O2/c1-12(2)17(21)10-19(11-17)15(13-6-4-3-5-7-13)16(20)18-14-8-9-14/h3-7,12,14-15,21H,8-11H2,1-2H3,(H,18,20). The highest BCUT2D eigenvalue weighted by molar-refractivity contribution is 5.84. The van der Waals surface area contributed by atoms with Gasteiger partial charge in [0.05, 0.1) is 5.60 Å². The van der Waals surface area contributed by atoms with Crippen molar-refractivity contribution in [3.63, 3.8) is 0 Å². The van der Waals surface area contributed by atoms with Crippen LogP contribution in [0.15, 0.2) is 30.3 Å². The summed E-state index contributed by atoms with van der Waals surface area (Å²) in [6, 6.07) is 9.93. The Morgan fingerprint density at radius 3 is 2.43 bits per heavy atom. The third-order valence-electron chi connectivity index (χ3n) is 4.68. The Morgan fingerprint density at radius 1 is 1.29 bits per heavy atom. The SMILES string of the molecule is CC(C)C1(O)CN(C(C(=O)NC2CC2)c2ccccc2)C1. The molecule has 0 radical (unpaired) electrons. The number of aliphatic hydroxyl groups is 1. The second kappa shape index (κ2) is 5.43. The van der Waals surface area contributed by atoms with Crippen molar-refractivity contribution in [1.29, 1.82) is 0 Å². The van der Waals surface area contributed by atoms with Crippen LogP contribution in [0.3, 0.4) is 0 Å². The highest BCUT2D eigenvalue weighted by Gasteiger charge is 2.48. The van der Waals surface area contributed by atoms with E-state index in [1.54, 1.807) is 0 Å². The van der Waals surface area contributed by atoms with E-state index in [-0.39, 0.29) is 17.9 Å². The maximum absolute atomic E-state index is 12.6. The molecule has 1 saturated carbocycles. The summed E-state index contributed by atoms with van der Waals surface area (Å²) >= 11 is 0. The number of hydrogen-bond donors (Lipinski definition) is 2. The summed E-state index contributed by atoms with van der Waals surface area (Å²) in [6.07, 6.45) is 2.17. The zero-order valence-corrected chi connectivity index (χ0v) is 12.7. The van der Waals surface area contributed by atoms with Gasteiger partial charge >= 0.3 is 0 Å². The first-order valence-electron chi connectivity index (χ1n) is 7.81. The van der Waals surface area contributed by atoms with E-state index < -0.39 is 5.60 Å². The largest absolute Gasteiger partial charge is 0.387 e. The van der Waals surface area contributed by atoms with Gasteiger partial charge in [0, 0.05) is 19.1 Å². The highest BCUT2D eigenvalue weighted by Crippen LogP contribution is 2.36. The number of carbonyl (C=O) groups is 1. The van der Waals surface area contributed by atoms with Gasteiger partial charge in [0.15, 0.2) is 0 Å². The molecule has 1 amide bonds. The molecule has 1 atom stereocenters. The molecular formula is C17H24N2O2. The minimum absolute atomic E-state index is 0.0644. The molecule has 1 aromatic carbocycles. The van der Waals surface area contributed by atoms with Crippen molar-refractivity contribution in [3.8, 4) is 0 Å². The van der Waals surface area contributed by atoms with Gasteiger partial charge < -0.3 is 10.4 Å². The van der Waals surface area contributed by atoms with Gasteiger partial charge in [0.25, 0.3) is 0 Å². The van der Waals surface area contributed by atoms with Crippen molar-refractivity contribution in [2.45, 2.75) is 44.4 Å². The van der Waals surface area contributed by atoms with Crippen molar-refractivity contribution in [3.05, 3.63) is 35.9 Å². The molecule has 1 heterocycles. The Hall–Kier alpha value is -1.39. The highest BCUT2D eigenvalue weighted by atomic mass is 16.3. The molecule has 3 rings (SSSR count). The summed E-state index contributed by atoms with van der Waals surface area (Å²) < 4.78 is 0. The van der Waals surface area contributed by atoms with Gasteiger partial charge in [-0.15, -0.1) is 0 Å². The van der Waals surface area contributed by atoms with E-state index in [4.69, 9.17) is 0 Å². The Labute approximate surface area is 126 Å². The monoisotopic (exact) mass is 288 g/mol. The quantitative estimate of drug-likeness (QED) is 0.867. The summed E-state index contributed by atoms with van der Waals surface area (Å²) in [7, 11) is 0. The van der Waals surface area contributed by atoms with E-state index >= 15 is 0 Å². The van der Waals surface area contributed by atoms with Crippen LogP contribution in [0.4, 0.5) is 0 Å². The third-order valence-corrected chi connectivity index (χ3v) is 4.68. The van der Waals surface area contributed by atoms with Crippen LogP contribution in [0, 0.1) is 5.92 Å². The summed E-state index contributed by atoms with van der Waals surface area (Å²) in [5.41, 5.74) is 0.342. The topological polar surface area (TPSA) is 52.6 Å². The smallest absolute Gasteiger partial charge is 0.242 e. The molecule has 4 heteroatoms. The van der Waals surface area contributed by atoms with E-state index in [2.05, 4.69) is 10.2 Å². The molecule has 4 nitrogen and oxygen atoms in total. The Morgan fingerprint density at radius 2 is 1.90 bits per heavy atom. The van der Waals surface area contributed by atoms with E-state index in [0.29, 0.717) is 19.1 Å². The Balaban J connectivity index is 1.75. The number of likely N-dealkylation sites (tertiary alicyclic amines) is 1. The minimum atomic E-state index is -0.660. The molecule has 1 aliphatic carbocycles. The summed E-state index contributed by atoms with van der Waals surface area (Å²) in [5, 5.41) is 13.6. The number of amides is 1. The fraction of sp³-hybridized carbons (Fsp3) is 0.588. The van der Waals surface area contributed by atoms with E-state index in [0.717, 1.165) is 18.4 Å². The van der Waals surface area contributed by atoms with Gasteiger partial charge in [0.1, 0.15) is 6.04 Å². The van der Waals surface area contributed by atoms with E-state index in [1.807, 2.05) is 44.2 Å². The molecule has 2 fully saturated rings. The number of β-amino-alcohol motifs (C(OH)–C–C–N with tert-alkyl or cyclic N) is 1. The lowest BCUT2D eigenvalue weighted by Gasteiger charge is -2.51. The zero-order chi connectivity index (χ0) is 15.0. The van der Waals surface area contributed by atoms with Gasteiger partial charge in [-0.2, -0.15) is 0 Å². The number of carbonyl (C=O) groups excluding carboxylic acids is 1. The average molecular weight is 288 g/mol. The lowest BCUT2D eigenvalue weighted by molar-refractivity contribution is -0.156. The molecule has 1 aromatic rings. The fourth-order valence-electron chi connectivity index (χ4n) is 2.88. The molecule has 1 aliphatic heterocycles. The second-order valence-electron chi connectivity index (χ2n) is 6.76. The normalized spacial score (nSPS) is 22.7. The number of benzene rings is 1. The molecular weight excluding hydrogens is 264 g/mol. The van der Waals surface area contributed by atoms with Crippen LogP contribution in [-0.4, -0.2) is 40.6 Å². The number of hydrogen-bond acceptors (Lipinski definition) is 3. The molecule has 1 saturated heterocycles. The summed E-state index contributed by atoms with van der Waals surface area (Å²) in [6.45, 7) is 5.17. The predicted octanol–water partition coefficient (Wildman–Crippen LogP) is 1.71. The van der Waals surface area contributed by atoms with Crippen molar-refractivity contribution in [2.24, 2.45) is 5.92 Å². The molecule has 1 unspecified atom stereocenters. The van der Waals surface area contributed by atoms with Gasteiger partial charge in [-0.25, -0.2) is 0 Å². The number of rotatable bonds is 5. The molecule has 21 heavy (non-hydrogen) atoms. The van der Waals surface area contributed by atoms with E-state index in [1.165, 1.54) is 0 Å². The van der Waals surface area contributed by atoms with E-state index in [9.17, 15) is 9.90 Å². The minimum Gasteiger partial charge on any atom is -0.387 e. The maximum Gasteiger partial charge on any atom is 0.242 e. The first kappa shape index (κ1) is 14.5. The van der Waals surface area contributed by atoms with Crippen LogP contribution in [0.5, 0.6) is 0 Å². The Kier molecular flexibility index (Phi) is 3.76. The second-order valence-corrected chi connectivity index (χ2v) is 6.76. The van der Waals surface area contributed by atoms with Crippen LogP contribution in [0.1, 0.15) is 38.3 Å². The van der Waals surface area contributed by atoms with Gasteiger partial charge in [-0.1, -0.05) is 44.2 Å². The average Bonchev–Trinajstić information content (AvgIpc) is 3.21. The number of nitrogens with zero attached hydrogens (tertiary/aromatic N) is 1. The van der Waals surface area contributed by atoms with Crippen molar-refractivity contribution in [2.75, 3.05) is 13.1 Å². The molecule has 2 N–H and O–H groups in total. The van der Waals surface area contributed by atoms with Crippen LogP contribution in [0.25, 0.3) is 0 Å². The summed E-state index contributed by atoms with van der Waals surface area (Å²) in [5.74, 6) is 0.270. The van der Waals surface area contributed by atoms with Gasteiger partial charge in [0.2, 0.25) is 5.91 Å². The first-order valence-corrected chi connectivity index (χ1v) is 7.81. The predicted molar refractivity (Wildman–Crippen MR) is 81.7 cm³/mol. The third kappa shape index (κ3) is 2.97. The van der Waals surface area contributed by atoms with Crippen LogP contribution in [-0.2, 0) is 4.79 Å². The lowest BCUT2D eigenvalue weighted by Crippen LogP contribution is -2.66. The van der Waals surface area contributed by atoms with Gasteiger partial charge in [-0.05, 0) is 24.3 Å². The molecule has 2 aliphatic rings. The molecule has 0 bridgehead atoms. The van der Waals surface area contributed by atoms with Crippen molar-refractivity contribution in [1.82, 2.24) is 10.2 Å². The summed E-state index contributed by atoms with van der Waals surface area (Å²) in [4.78, 5) is 14.7.